The third-order valence-corrected chi connectivity index (χ3v) is 10.4. The monoisotopic (exact) mass is 458 g/mol. The summed E-state index contributed by atoms with van der Waals surface area (Å²) in [5.74, 6) is 4.21. The summed E-state index contributed by atoms with van der Waals surface area (Å²) in [6.45, 7) is 0. The normalized spacial score (nSPS) is 69.1. The van der Waals surface area contributed by atoms with E-state index in [4.69, 9.17) is 0 Å². The fourth-order valence-corrected chi connectivity index (χ4v) is 10.0. The van der Waals surface area contributed by atoms with Crippen LogP contribution in [0.3, 0.4) is 0 Å². The zero-order chi connectivity index (χ0) is 10.5. The maximum atomic E-state index is 4.02. The van der Waals surface area contributed by atoms with E-state index in [1.54, 1.807) is 0 Å². The van der Waals surface area contributed by atoms with Gasteiger partial charge in [-0.3, -0.25) is 0 Å². The fourth-order valence-electron chi connectivity index (χ4n) is 4.71. The lowest BCUT2D eigenvalue weighted by Gasteiger charge is -2.30. The summed E-state index contributed by atoms with van der Waals surface area (Å²) >= 11 is 15.7. The Hall–Kier alpha value is 1.66. The molecule has 15 heavy (non-hydrogen) atoms. The summed E-state index contributed by atoms with van der Waals surface area (Å²) in [4.78, 5) is 1.31. The Labute approximate surface area is 123 Å². The second kappa shape index (κ2) is 2.97. The van der Waals surface area contributed by atoms with Crippen molar-refractivity contribution in [3.8, 4) is 0 Å². The highest BCUT2D eigenvalue weighted by Gasteiger charge is 2.73. The van der Waals surface area contributed by atoms with Crippen LogP contribution in [0.25, 0.3) is 0 Å². The van der Waals surface area contributed by atoms with Crippen molar-refractivity contribution < 1.29 is 0 Å². The Morgan fingerprint density at radius 2 is 2.00 bits per heavy atom. The van der Waals surface area contributed by atoms with E-state index in [1.807, 2.05) is 0 Å². The predicted molar refractivity (Wildman–Crippen MR) is 76.2 cm³/mol. The van der Waals surface area contributed by atoms with Crippen molar-refractivity contribution in [1.29, 1.82) is 0 Å². The molecule has 0 spiro atoms. The lowest BCUT2D eigenvalue weighted by Crippen LogP contribution is -2.30. The molecule has 0 saturated heterocycles. The van der Waals surface area contributed by atoms with E-state index >= 15 is 0 Å². The molecule has 0 aromatic rings. The van der Waals surface area contributed by atoms with Crippen LogP contribution in [-0.2, 0) is 0 Å². The highest BCUT2D eigenvalue weighted by atomic mass is 79.9. The first-order valence-corrected chi connectivity index (χ1v) is 8.82. The lowest BCUT2D eigenvalue weighted by molar-refractivity contribution is 0.286. The molecule has 0 nitrogen and oxygen atoms in total. The van der Waals surface area contributed by atoms with Gasteiger partial charge >= 0.3 is 0 Å². The molecular weight excluding hydrogens is 452 g/mol. The molecule has 0 aromatic carbocycles. The number of fused-ring (bicyclic) bond motifs is 2. The fraction of sp³-hybridized carbons (Fsp3) is 0.818. The number of rotatable bonds is 0. The lowest BCUT2D eigenvalue weighted by atomic mass is 9.81. The Balaban J connectivity index is 1.96. The van der Waals surface area contributed by atoms with E-state index < -0.39 is 0 Å². The maximum Gasteiger partial charge on any atom is 0.0612 e. The second-order valence-electron chi connectivity index (χ2n) is 5.40. The van der Waals surface area contributed by atoms with E-state index in [0.29, 0.717) is 9.65 Å². The van der Waals surface area contributed by atoms with Gasteiger partial charge in [0.2, 0.25) is 0 Å². The molecule has 2 bridgehead atoms. The molecule has 3 saturated carbocycles. The van der Waals surface area contributed by atoms with E-state index in [1.165, 1.54) is 10.9 Å². The van der Waals surface area contributed by atoms with Crippen LogP contribution in [-0.4, -0.2) is 14.0 Å². The highest BCUT2D eigenvalue weighted by Crippen LogP contribution is 2.75. The smallest absolute Gasteiger partial charge is 0.0612 e. The highest BCUT2D eigenvalue weighted by molar-refractivity contribution is 9.13. The van der Waals surface area contributed by atoms with Crippen LogP contribution in [0.4, 0.5) is 0 Å². The Morgan fingerprint density at radius 1 is 1.27 bits per heavy atom. The van der Waals surface area contributed by atoms with Gasteiger partial charge in [-0.1, -0.05) is 69.8 Å². The molecule has 4 rings (SSSR count). The molecule has 0 aromatic heterocycles. The van der Waals surface area contributed by atoms with Crippen molar-refractivity contribution in [2.75, 3.05) is 0 Å². The first-order chi connectivity index (χ1) is 7.05. The molecule has 4 aliphatic rings. The van der Waals surface area contributed by atoms with Gasteiger partial charge in [0.15, 0.2) is 0 Å². The number of halogens is 4. The van der Waals surface area contributed by atoms with Crippen LogP contribution in [0.2, 0.25) is 0 Å². The van der Waals surface area contributed by atoms with E-state index in [-0.39, 0.29) is 4.32 Å². The van der Waals surface area contributed by atoms with Crippen LogP contribution in [0.5, 0.6) is 0 Å². The average Bonchev–Trinajstić information content (AvgIpc) is 2.79. The largest absolute Gasteiger partial charge is 0.0884 e. The standard InChI is InChI=1S/C11H10Br4/c12-5-2-11(15)8-3-1-4(6(5)8)9(13)7(3)10(11)14/h2-4,6-10H,1H2/t3-,4+,6-,7+,8-,9-,10-,11-/m1/s1. The Bertz CT molecular complexity index is 379. The summed E-state index contributed by atoms with van der Waals surface area (Å²) in [5, 5.41) is 0. The number of hydrogen-bond donors (Lipinski definition) is 0. The van der Waals surface area contributed by atoms with Gasteiger partial charge in [-0.2, -0.15) is 0 Å². The zero-order valence-electron chi connectivity index (χ0n) is 7.84. The Kier molecular flexibility index (Phi) is 2.09. The molecule has 0 N–H and O–H groups in total. The van der Waals surface area contributed by atoms with Gasteiger partial charge in [0, 0.05) is 9.65 Å². The van der Waals surface area contributed by atoms with Gasteiger partial charge in [0.25, 0.3) is 0 Å². The van der Waals surface area contributed by atoms with Gasteiger partial charge in [0.05, 0.1) is 4.32 Å². The number of alkyl halides is 3. The minimum atomic E-state index is 0.225. The number of allylic oxidation sites excluding steroid dienone is 2. The topological polar surface area (TPSA) is 0 Å². The molecule has 0 aliphatic heterocycles. The predicted octanol–water partition coefficient (Wildman–Crippen LogP) is 4.45. The van der Waals surface area contributed by atoms with Gasteiger partial charge in [-0.05, 0) is 40.5 Å². The van der Waals surface area contributed by atoms with E-state index in [9.17, 15) is 0 Å². The van der Waals surface area contributed by atoms with E-state index in [0.717, 1.165) is 29.6 Å². The van der Waals surface area contributed by atoms with Gasteiger partial charge < -0.3 is 0 Å². The summed E-state index contributed by atoms with van der Waals surface area (Å²) in [6.07, 6.45) is 3.86. The van der Waals surface area contributed by atoms with Crippen molar-refractivity contribution in [2.45, 2.75) is 20.4 Å². The third kappa shape index (κ3) is 0.978. The second-order valence-corrected chi connectivity index (χ2v) is 9.73. The van der Waals surface area contributed by atoms with Crippen molar-refractivity contribution >= 4 is 63.7 Å². The van der Waals surface area contributed by atoms with Crippen LogP contribution in [0, 0.1) is 29.6 Å². The summed E-state index contributed by atoms with van der Waals surface area (Å²) < 4.78 is 1.67. The van der Waals surface area contributed by atoms with Crippen LogP contribution in [0.15, 0.2) is 10.6 Å². The van der Waals surface area contributed by atoms with Gasteiger partial charge in [0.1, 0.15) is 0 Å². The summed E-state index contributed by atoms with van der Waals surface area (Å²) in [7, 11) is 0. The summed E-state index contributed by atoms with van der Waals surface area (Å²) in [6, 6.07) is 0. The molecule has 0 heterocycles. The maximum absolute atomic E-state index is 4.02. The third-order valence-electron chi connectivity index (χ3n) is 5.07. The SMILES string of the molecule is BrC1=C[C@@]2(Br)[C@@H]3[C@@H]4C[C@H]([C@@H](Br)[C@H]4[C@H]2Br)[C@H]13. The summed E-state index contributed by atoms with van der Waals surface area (Å²) in [5.41, 5.74) is 0. The first-order valence-electron chi connectivity index (χ1n) is 5.41. The van der Waals surface area contributed by atoms with Crippen molar-refractivity contribution in [1.82, 2.24) is 0 Å². The van der Waals surface area contributed by atoms with Crippen LogP contribution >= 0.6 is 63.7 Å². The van der Waals surface area contributed by atoms with E-state index in [2.05, 4.69) is 69.8 Å². The molecule has 0 amide bonds. The molecule has 0 radical (unpaired) electrons. The quantitative estimate of drug-likeness (QED) is 0.468. The minimum absolute atomic E-state index is 0.225. The minimum Gasteiger partial charge on any atom is -0.0884 e. The van der Waals surface area contributed by atoms with Crippen molar-refractivity contribution in [3.05, 3.63) is 10.6 Å². The van der Waals surface area contributed by atoms with Crippen LogP contribution < -0.4 is 0 Å². The zero-order valence-corrected chi connectivity index (χ0v) is 14.2. The first kappa shape index (κ1) is 10.6. The average molecular weight is 462 g/mol. The van der Waals surface area contributed by atoms with Crippen LogP contribution in [0.1, 0.15) is 6.42 Å². The Morgan fingerprint density at radius 3 is 2.73 bits per heavy atom. The molecule has 3 fully saturated rings. The molecule has 0 unspecified atom stereocenters. The molecule has 4 heteroatoms. The number of hydrogen-bond acceptors (Lipinski definition) is 0. The van der Waals surface area contributed by atoms with Crippen molar-refractivity contribution in [3.63, 3.8) is 0 Å². The molecule has 82 valence electrons. The molecular formula is C11H10Br4. The molecule has 8 atom stereocenters. The van der Waals surface area contributed by atoms with Gasteiger partial charge in [-0.25, -0.2) is 0 Å². The van der Waals surface area contributed by atoms with Crippen molar-refractivity contribution in [2.24, 2.45) is 29.6 Å². The van der Waals surface area contributed by atoms with Gasteiger partial charge in [-0.15, -0.1) is 0 Å². The molecule has 4 aliphatic carbocycles.